The molecule has 0 aromatic carbocycles. The molecule has 7 nitrogen and oxygen atoms in total. The summed E-state index contributed by atoms with van der Waals surface area (Å²) in [5.41, 5.74) is 5.88. The van der Waals surface area contributed by atoms with Gasteiger partial charge in [-0.15, -0.1) is 5.10 Å². The third-order valence-corrected chi connectivity index (χ3v) is 4.31. The van der Waals surface area contributed by atoms with Gasteiger partial charge in [0.25, 0.3) is 0 Å². The van der Waals surface area contributed by atoms with Crippen LogP contribution in [0.4, 0.5) is 10.6 Å². The second kappa shape index (κ2) is 6.52. The van der Waals surface area contributed by atoms with Gasteiger partial charge in [0.1, 0.15) is 0 Å². The molecule has 124 valence electrons. The first-order chi connectivity index (χ1) is 11.1. The van der Waals surface area contributed by atoms with Crippen LogP contribution in [0.15, 0.2) is 11.2 Å². The van der Waals surface area contributed by atoms with Crippen molar-refractivity contribution in [2.75, 3.05) is 12.0 Å². The van der Waals surface area contributed by atoms with Gasteiger partial charge in [-0.1, -0.05) is 0 Å². The molecule has 2 aliphatic heterocycles. The molecule has 0 spiro atoms. The molecule has 1 N–H and O–H groups in total. The number of hydrogen-bond donors (Lipinski definition) is 1. The lowest BCUT2D eigenvalue weighted by atomic mass is 9.83. The first-order valence-electron chi connectivity index (χ1n) is 8.18. The summed E-state index contributed by atoms with van der Waals surface area (Å²) in [4.78, 5) is 14.2. The second-order valence-corrected chi connectivity index (χ2v) is 6.21. The fourth-order valence-corrected chi connectivity index (χ4v) is 3.39. The van der Waals surface area contributed by atoms with Gasteiger partial charge in [0.2, 0.25) is 0 Å². The third-order valence-electron chi connectivity index (χ3n) is 4.31. The number of carbonyl (C=O) groups is 1. The number of amides is 1. The number of anilines is 1. The van der Waals surface area contributed by atoms with Crippen molar-refractivity contribution in [1.82, 2.24) is 15.1 Å². The number of nitrogens with one attached hydrogen (secondary N) is 1. The molecule has 1 aromatic heterocycles. The topological polar surface area (TPSA) is 79.7 Å². The Balaban J connectivity index is 1.91. The van der Waals surface area contributed by atoms with E-state index in [4.69, 9.17) is 4.74 Å². The Morgan fingerprint density at radius 2 is 2.26 bits per heavy atom. The molecule has 2 bridgehead atoms. The van der Waals surface area contributed by atoms with E-state index in [0.717, 1.165) is 42.7 Å². The summed E-state index contributed by atoms with van der Waals surface area (Å²) in [5, 5.41) is 12.7. The molecule has 1 saturated heterocycles. The van der Waals surface area contributed by atoms with Crippen LogP contribution in [0.25, 0.3) is 0 Å². The van der Waals surface area contributed by atoms with E-state index in [0.29, 0.717) is 12.4 Å². The Kier molecular flexibility index (Phi) is 4.45. The van der Waals surface area contributed by atoms with Gasteiger partial charge in [-0.2, -0.15) is 10.2 Å². The smallest absolute Gasteiger partial charge is 0.410 e. The number of nitrogens with zero attached hydrogens (tertiary/aromatic N) is 4. The maximum Gasteiger partial charge on any atom is 0.410 e. The molecular weight excluding hydrogens is 294 g/mol. The van der Waals surface area contributed by atoms with Gasteiger partial charge in [-0.3, -0.25) is 10.3 Å². The maximum atomic E-state index is 12.4. The summed E-state index contributed by atoms with van der Waals surface area (Å²) in [5.74, 6) is 0.609. The van der Waals surface area contributed by atoms with Crippen molar-refractivity contribution in [2.24, 2.45) is 5.10 Å². The number of hydrogen-bond acceptors (Lipinski definition) is 6. The van der Waals surface area contributed by atoms with Crippen LogP contribution in [0.3, 0.4) is 0 Å². The number of rotatable bonds is 3. The van der Waals surface area contributed by atoms with Gasteiger partial charge in [0.05, 0.1) is 18.3 Å². The van der Waals surface area contributed by atoms with Crippen molar-refractivity contribution >= 4 is 17.6 Å². The zero-order valence-corrected chi connectivity index (χ0v) is 13.9. The zero-order valence-electron chi connectivity index (χ0n) is 13.9. The minimum Gasteiger partial charge on any atom is -0.450 e. The first-order valence-corrected chi connectivity index (χ1v) is 8.18. The van der Waals surface area contributed by atoms with E-state index < -0.39 is 0 Å². The van der Waals surface area contributed by atoms with Crippen LogP contribution in [0.5, 0.6) is 0 Å². The van der Waals surface area contributed by atoms with E-state index in [9.17, 15) is 4.79 Å². The maximum absolute atomic E-state index is 12.4. The van der Waals surface area contributed by atoms with Gasteiger partial charge in [0, 0.05) is 23.7 Å². The van der Waals surface area contributed by atoms with Crippen molar-refractivity contribution in [3.63, 3.8) is 0 Å². The predicted molar refractivity (Wildman–Crippen MR) is 87.4 cm³/mol. The lowest BCUT2D eigenvalue weighted by molar-refractivity contribution is 0.0403. The molecule has 7 heteroatoms. The normalized spacial score (nSPS) is 22.1. The quantitative estimate of drug-likeness (QED) is 0.685. The van der Waals surface area contributed by atoms with Crippen molar-refractivity contribution < 1.29 is 9.53 Å². The summed E-state index contributed by atoms with van der Waals surface area (Å²) in [6.07, 6.45) is 3.57. The van der Waals surface area contributed by atoms with Gasteiger partial charge in [0.15, 0.2) is 5.82 Å². The van der Waals surface area contributed by atoms with Gasteiger partial charge < -0.3 is 4.74 Å². The van der Waals surface area contributed by atoms with Crippen molar-refractivity contribution in [3.8, 4) is 0 Å². The number of piperidine rings is 1. The molecule has 0 saturated carbocycles. The Labute approximate surface area is 136 Å². The van der Waals surface area contributed by atoms with Gasteiger partial charge in [-0.05, 0) is 46.1 Å². The average Bonchev–Trinajstić information content (AvgIpc) is 2.53. The highest BCUT2D eigenvalue weighted by Gasteiger charge is 2.41. The largest absolute Gasteiger partial charge is 0.450 e. The molecule has 1 amide bonds. The molecule has 23 heavy (non-hydrogen) atoms. The van der Waals surface area contributed by atoms with Crippen molar-refractivity contribution in [1.29, 1.82) is 0 Å². The standard InChI is InChI=1S/C16H23N5O2/c1-4-23-16(22)21-11-6-5-7-14(21)12-9-15(19-17-10(2)3)20-18-13(12)8-11/h9,11,14H,4-8H2,1-3H3,(H,19,20). The third kappa shape index (κ3) is 3.13. The van der Waals surface area contributed by atoms with Crippen molar-refractivity contribution in [3.05, 3.63) is 17.3 Å². The Hall–Kier alpha value is -2.18. The monoisotopic (exact) mass is 317 g/mol. The Morgan fingerprint density at radius 3 is 3.00 bits per heavy atom. The van der Waals surface area contributed by atoms with E-state index in [-0.39, 0.29) is 18.2 Å². The van der Waals surface area contributed by atoms with Crippen molar-refractivity contribution in [2.45, 2.75) is 58.5 Å². The molecule has 0 radical (unpaired) electrons. The van der Waals surface area contributed by atoms with E-state index in [1.54, 1.807) is 0 Å². The Morgan fingerprint density at radius 1 is 1.43 bits per heavy atom. The fourth-order valence-electron chi connectivity index (χ4n) is 3.39. The number of hydrazone groups is 1. The van der Waals surface area contributed by atoms with E-state index >= 15 is 0 Å². The highest BCUT2D eigenvalue weighted by Crippen LogP contribution is 2.41. The number of carbonyl (C=O) groups excluding carboxylic acids is 1. The first kappa shape index (κ1) is 15.7. The van der Waals surface area contributed by atoms with Gasteiger partial charge >= 0.3 is 6.09 Å². The fraction of sp³-hybridized carbons (Fsp3) is 0.625. The molecule has 2 aliphatic rings. The molecule has 3 heterocycles. The molecular formula is C16H23N5O2. The molecule has 1 aromatic rings. The van der Waals surface area contributed by atoms with Crippen LogP contribution in [0, 0.1) is 0 Å². The van der Waals surface area contributed by atoms with Crippen LogP contribution in [-0.4, -0.2) is 39.6 Å². The highest BCUT2D eigenvalue weighted by atomic mass is 16.6. The minimum absolute atomic E-state index is 0.0271. The number of fused-ring (bicyclic) bond motifs is 4. The second-order valence-electron chi connectivity index (χ2n) is 6.21. The Bertz CT molecular complexity index is 627. The zero-order chi connectivity index (χ0) is 16.4. The van der Waals surface area contributed by atoms with Crippen LogP contribution in [0.1, 0.15) is 57.3 Å². The molecule has 1 fully saturated rings. The highest BCUT2D eigenvalue weighted by molar-refractivity contribution is 5.79. The molecule has 0 aliphatic carbocycles. The molecule has 2 unspecified atom stereocenters. The molecule has 2 atom stereocenters. The lowest BCUT2D eigenvalue weighted by Gasteiger charge is -2.45. The van der Waals surface area contributed by atoms with Crippen LogP contribution >= 0.6 is 0 Å². The van der Waals surface area contributed by atoms with E-state index in [2.05, 4.69) is 20.7 Å². The lowest BCUT2D eigenvalue weighted by Crippen LogP contribution is -2.50. The van der Waals surface area contributed by atoms with E-state index in [1.165, 1.54) is 0 Å². The minimum atomic E-state index is -0.221. The summed E-state index contributed by atoms with van der Waals surface area (Å²) < 4.78 is 5.26. The summed E-state index contributed by atoms with van der Waals surface area (Å²) in [6.45, 7) is 6.05. The van der Waals surface area contributed by atoms with Crippen LogP contribution < -0.4 is 5.43 Å². The van der Waals surface area contributed by atoms with Crippen LogP contribution in [-0.2, 0) is 11.2 Å². The number of aromatic nitrogens is 2. The summed E-state index contributed by atoms with van der Waals surface area (Å²) in [6, 6.07) is 2.16. The predicted octanol–water partition coefficient (Wildman–Crippen LogP) is 2.89. The number of ether oxygens (including phenoxy) is 1. The van der Waals surface area contributed by atoms with E-state index in [1.807, 2.05) is 31.7 Å². The SMILES string of the molecule is CCOC(=O)N1C2CCCC1c1cc(NN=C(C)C)nnc1C2. The molecule has 3 rings (SSSR count). The summed E-state index contributed by atoms with van der Waals surface area (Å²) >= 11 is 0. The van der Waals surface area contributed by atoms with Gasteiger partial charge in [-0.25, -0.2) is 4.79 Å². The average molecular weight is 317 g/mol. The van der Waals surface area contributed by atoms with Crippen LogP contribution in [0.2, 0.25) is 0 Å². The summed E-state index contributed by atoms with van der Waals surface area (Å²) in [7, 11) is 0.